The second kappa shape index (κ2) is 11.5. The number of ether oxygens (including phenoxy) is 2. The highest BCUT2D eigenvalue weighted by Gasteiger charge is 2.15. The van der Waals surface area contributed by atoms with Crippen molar-refractivity contribution in [2.75, 3.05) is 13.2 Å². The molecule has 164 valence electrons. The molecule has 3 aromatic rings. The molecule has 2 N–H and O–H groups in total. The number of amides is 2. The Labute approximate surface area is 190 Å². The molecule has 0 saturated carbocycles. The van der Waals surface area contributed by atoms with Gasteiger partial charge in [-0.1, -0.05) is 60.1 Å². The Morgan fingerprint density at radius 2 is 1.38 bits per heavy atom. The first-order valence-corrected chi connectivity index (χ1v) is 10.1. The van der Waals surface area contributed by atoms with E-state index >= 15 is 0 Å². The van der Waals surface area contributed by atoms with Gasteiger partial charge in [0.15, 0.2) is 13.2 Å². The van der Waals surface area contributed by atoms with Crippen molar-refractivity contribution >= 4 is 29.4 Å². The molecule has 0 aliphatic rings. The van der Waals surface area contributed by atoms with Crippen LogP contribution >= 0.6 is 11.6 Å². The Balaban J connectivity index is 1.43. The van der Waals surface area contributed by atoms with Crippen LogP contribution in [0.25, 0.3) is 0 Å². The first-order valence-electron chi connectivity index (χ1n) is 9.76. The number of carbonyl (C=O) groups is 3. The highest BCUT2D eigenvalue weighted by molar-refractivity contribution is 6.30. The van der Waals surface area contributed by atoms with Gasteiger partial charge < -0.3 is 9.47 Å². The minimum Gasteiger partial charge on any atom is -0.484 e. The molecule has 0 atom stereocenters. The lowest BCUT2D eigenvalue weighted by Crippen LogP contribution is -2.45. The first kappa shape index (κ1) is 22.8. The minimum atomic E-state index is -0.682. The van der Waals surface area contributed by atoms with Gasteiger partial charge in [0.05, 0.1) is 5.56 Å². The molecule has 0 aliphatic heterocycles. The third-order valence-corrected chi connectivity index (χ3v) is 4.59. The summed E-state index contributed by atoms with van der Waals surface area (Å²) in [7, 11) is 0. The zero-order valence-electron chi connectivity index (χ0n) is 17.0. The second-order valence-electron chi connectivity index (χ2n) is 6.73. The summed E-state index contributed by atoms with van der Waals surface area (Å²) in [5, 5.41) is 0.548. The van der Waals surface area contributed by atoms with Crippen molar-refractivity contribution in [2.45, 2.75) is 6.42 Å². The molecule has 2 amide bonds. The van der Waals surface area contributed by atoms with E-state index in [1.54, 1.807) is 36.4 Å². The van der Waals surface area contributed by atoms with Crippen LogP contribution in [0, 0.1) is 0 Å². The molecule has 0 fully saturated rings. The summed E-state index contributed by atoms with van der Waals surface area (Å²) < 4.78 is 10.4. The normalized spacial score (nSPS) is 10.2. The summed E-state index contributed by atoms with van der Waals surface area (Å²) in [4.78, 5) is 36.2. The van der Waals surface area contributed by atoms with Crippen LogP contribution in [0.4, 0.5) is 0 Å². The standard InChI is InChI=1S/C24H21ClN2O5/c25-19-10-12-20(13-11-19)31-15-22(28)26-27-23(29)16-32-24(30)21-9-5-4-8-18(21)14-17-6-2-1-3-7-17/h1-13H,14-16H2,(H,26,28)(H,27,29). The quantitative estimate of drug-likeness (QED) is 0.404. The highest BCUT2D eigenvalue weighted by Crippen LogP contribution is 2.16. The summed E-state index contributed by atoms with van der Waals surface area (Å²) in [5.74, 6) is -1.42. The fourth-order valence-corrected chi connectivity index (χ4v) is 2.92. The van der Waals surface area contributed by atoms with Gasteiger partial charge in [-0.2, -0.15) is 0 Å². The van der Waals surface area contributed by atoms with E-state index in [2.05, 4.69) is 10.9 Å². The maximum atomic E-state index is 12.5. The number of hydrogen-bond acceptors (Lipinski definition) is 5. The van der Waals surface area contributed by atoms with E-state index < -0.39 is 24.4 Å². The van der Waals surface area contributed by atoms with Gasteiger partial charge in [-0.15, -0.1) is 0 Å². The van der Waals surface area contributed by atoms with Crippen molar-refractivity contribution in [1.82, 2.24) is 10.9 Å². The molecule has 3 rings (SSSR count). The maximum absolute atomic E-state index is 12.5. The smallest absolute Gasteiger partial charge is 0.338 e. The second-order valence-corrected chi connectivity index (χ2v) is 7.17. The number of benzene rings is 3. The number of nitrogens with one attached hydrogen (secondary N) is 2. The number of esters is 1. The number of halogens is 1. The predicted molar refractivity (Wildman–Crippen MR) is 119 cm³/mol. The summed E-state index contributed by atoms with van der Waals surface area (Å²) in [6.07, 6.45) is 0.558. The van der Waals surface area contributed by atoms with Crippen LogP contribution in [-0.4, -0.2) is 31.0 Å². The molecule has 0 saturated heterocycles. The van der Waals surface area contributed by atoms with Crippen molar-refractivity contribution in [2.24, 2.45) is 0 Å². The lowest BCUT2D eigenvalue weighted by molar-refractivity contribution is -0.131. The Bertz CT molecular complexity index is 1070. The lowest BCUT2D eigenvalue weighted by atomic mass is 10.00. The Morgan fingerprint density at radius 3 is 2.09 bits per heavy atom. The van der Waals surface area contributed by atoms with E-state index in [1.807, 2.05) is 42.5 Å². The van der Waals surface area contributed by atoms with E-state index in [-0.39, 0.29) is 6.61 Å². The van der Waals surface area contributed by atoms with Gasteiger partial charge in [0, 0.05) is 5.02 Å². The third-order valence-electron chi connectivity index (χ3n) is 4.33. The molecular formula is C24H21ClN2O5. The zero-order chi connectivity index (χ0) is 22.8. The summed E-state index contributed by atoms with van der Waals surface area (Å²) in [5.41, 5.74) is 6.58. The Hall–Kier alpha value is -3.84. The molecule has 0 aromatic heterocycles. The molecular weight excluding hydrogens is 432 g/mol. The van der Waals surface area contributed by atoms with Crippen LogP contribution in [0.15, 0.2) is 78.9 Å². The van der Waals surface area contributed by atoms with Crippen LogP contribution in [0.5, 0.6) is 5.75 Å². The number of hydrogen-bond donors (Lipinski definition) is 2. The Morgan fingerprint density at radius 1 is 0.750 bits per heavy atom. The summed E-state index contributed by atoms with van der Waals surface area (Å²) >= 11 is 5.78. The van der Waals surface area contributed by atoms with Crippen LogP contribution < -0.4 is 15.6 Å². The Kier molecular flexibility index (Phi) is 8.22. The van der Waals surface area contributed by atoms with Gasteiger partial charge in [0.2, 0.25) is 0 Å². The zero-order valence-corrected chi connectivity index (χ0v) is 17.8. The molecule has 32 heavy (non-hydrogen) atoms. The monoisotopic (exact) mass is 452 g/mol. The van der Waals surface area contributed by atoms with E-state index in [0.29, 0.717) is 22.8 Å². The van der Waals surface area contributed by atoms with Crippen molar-refractivity contribution in [3.63, 3.8) is 0 Å². The van der Waals surface area contributed by atoms with E-state index in [0.717, 1.165) is 11.1 Å². The van der Waals surface area contributed by atoms with Gasteiger partial charge in [0.25, 0.3) is 11.8 Å². The van der Waals surface area contributed by atoms with E-state index in [4.69, 9.17) is 21.1 Å². The number of hydrazine groups is 1. The molecule has 8 heteroatoms. The van der Waals surface area contributed by atoms with Gasteiger partial charge in [-0.25, -0.2) is 4.79 Å². The molecule has 0 spiro atoms. The van der Waals surface area contributed by atoms with Crippen LogP contribution in [0.2, 0.25) is 5.02 Å². The number of rotatable bonds is 8. The topological polar surface area (TPSA) is 93.7 Å². The fourth-order valence-electron chi connectivity index (χ4n) is 2.79. The summed E-state index contributed by atoms with van der Waals surface area (Å²) in [6.45, 7) is -0.856. The first-order chi connectivity index (χ1) is 15.5. The molecule has 7 nitrogen and oxygen atoms in total. The van der Waals surface area contributed by atoms with Gasteiger partial charge in [-0.3, -0.25) is 20.4 Å². The van der Waals surface area contributed by atoms with E-state index in [1.165, 1.54) is 0 Å². The van der Waals surface area contributed by atoms with Crippen LogP contribution in [0.3, 0.4) is 0 Å². The van der Waals surface area contributed by atoms with Gasteiger partial charge >= 0.3 is 5.97 Å². The average molecular weight is 453 g/mol. The summed E-state index contributed by atoms with van der Waals surface area (Å²) in [6, 6.07) is 23.2. The van der Waals surface area contributed by atoms with Crippen LogP contribution in [-0.2, 0) is 20.7 Å². The van der Waals surface area contributed by atoms with Crippen LogP contribution in [0.1, 0.15) is 21.5 Å². The maximum Gasteiger partial charge on any atom is 0.338 e. The molecule has 0 radical (unpaired) electrons. The third kappa shape index (κ3) is 7.14. The van der Waals surface area contributed by atoms with Gasteiger partial charge in [0.1, 0.15) is 5.75 Å². The molecule has 0 aliphatic carbocycles. The van der Waals surface area contributed by atoms with Crippen molar-refractivity contribution in [3.05, 3.63) is 101 Å². The van der Waals surface area contributed by atoms with Crippen molar-refractivity contribution in [3.8, 4) is 5.75 Å². The average Bonchev–Trinajstić information content (AvgIpc) is 2.82. The van der Waals surface area contributed by atoms with Gasteiger partial charge in [-0.05, 0) is 47.9 Å². The largest absolute Gasteiger partial charge is 0.484 e. The molecule has 0 unspecified atom stereocenters. The van der Waals surface area contributed by atoms with Crippen molar-refractivity contribution < 1.29 is 23.9 Å². The molecule has 0 bridgehead atoms. The predicted octanol–water partition coefficient (Wildman–Crippen LogP) is 3.31. The van der Waals surface area contributed by atoms with E-state index in [9.17, 15) is 14.4 Å². The minimum absolute atomic E-state index is 0.311. The van der Waals surface area contributed by atoms with Crippen molar-refractivity contribution in [1.29, 1.82) is 0 Å². The molecule has 0 heterocycles. The highest BCUT2D eigenvalue weighted by atomic mass is 35.5. The molecule has 3 aromatic carbocycles. The fraction of sp³-hybridized carbons (Fsp3) is 0.125. The SMILES string of the molecule is O=C(COC(=O)c1ccccc1Cc1ccccc1)NNC(=O)COc1ccc(Cl)cc1. The lowest BCUT2D eigenvalue weighted by Gasteiger charge is -2.11. The number of carbonyl (C=O) groups excluding carboxylic acids is 3.